The molecular weight excluding hydrogens is 574 g/mol. The molecule has 1 N–H and O–H groups in total. The zero-order valence-electron chi connectivity index (χ0n) is 23.9. The fourth-order valence-electron chi connectivity index (χ4n) is 5.32. The molecule has 9 nitrogen and oxygen atoms in total. The van der Waals surface area contributed by atoms with E-state index in [1.807, 2.05) is 20.1 Å². The van der Waals surface area contributed by atoms with Crippen molar-refractivity contribution in [2.45, 2.75) is 30.7 Å². The Bertz CT molecular complexity index is 1810. The van der Waals surface area contributed by atoms with Gasteiger partial charge in [-0.3, -0.25) is 9.78 Å². The zero-order valence-corrected chi connectivity index (χ0v) is 24.7. The lowest BCUT2D eigenvalue weighted by molar-refractivity contribution is -0.126. The predicted molar refractivity (Wildman–Crippen MR) is 164 cm³/mol. The van der Waals surface area contributed by atoms with Gasteiger partial charge in [0.1, 0.15) is 23.1 Å². The van der Waals surface area contributed by atoms with E-state index in [0.717, 1.165) is 12.1 Å². The minimum atomic E-state index is -0.919. The number of benzene rings is 1. The number of rotatable bonds is 7. The normalized spacial score (nSPS) is 15.3. The van der Waals surface area contributed by atoms with E-state index < -0.39 is 40.4 Å². The molecular formula is C31H30F2N6O3S. The van der Waals surface area contributed by atoms with E-state index in [9.17, 15) is 19.1 Å². The van der Waals surface area contributed by atoms with E-state index >= 15 is 4.39 Å². The summed E-state index contributed by atoms with van der Waals surface area (Å²) in [4.78, 5) is 44.0. The van der Waals surface area contributed by atoms with E-state index in [1.165, 1.54) is 34.5 Å². The Morgan fingerprint density at radius 2 is 1.93 bits per heavy atom. The van der Waals surface area contributed by atoms with Crippen LogP contribution in [-0.2, 0) is 4.79 Å². The van der Waals surface area contributed by atoms with Crippen LogP contribution in [0.2, 0.25) is 0 Å². The first-order chi connectivity index (χ1) is 20.6. The quantitative estimate of drug-likeness (QED) is 0.177. The first-order valence-corrected chi connectivity index (χ1v) is 14.8. The van der Waals surface area contributed by atoms with Gasteiger partial charge >= 0.3 is 5.69 Å². The Kier molecular flexibility index (Phi) is 8.32. The number of hydrogen-bond acceptors (Lipinski definition) is 8. The van der Waals surface area contributed by atoms with Crippen LogP contribution in [0.5, 0.6) is 5.75 Å². The maximum Gasteiger partial charge on any atom is 0.355 e. The number of fused-ring (bicyclic) bond motifs is 1. The van der Waals surface area contributed by atoms with Crippen molar-refractivity contribution in [3.05, 3.63) is 89.7 Å². The third kappa shape index (κ3) is 5.27. The summed E-state index contributed by atoms with van der Waals surface area (Å²) in [5.74, 6) is -2.51. The molecule has 0 spiro atoms. The molecule has 4 aromatic rings. The molecule has 222 valence electrons. The van der Waals surface area contributed by atoms with Gasteiger partial charge in [-0.1, -0.05) is 32.6 Å². The number of piperazine rings is 1. The smallest absolute Gasteiger partial charge is 0.355 e. The van der Waals surface area contributed by atoms with E-state index in [2.05, 4.69) is 28.1 Å². The van der Waals surface area contributed by atoms with Crippen LogP contribution in [0.4, 0.5) is 14.6 Å². The maximum absolute atomic E-state index is 15.9. The first-order valence-electron chi connectivity index (χ1n) is 13.6. The number of aromatic hydroxyl groups is 1. The Balaban J connectivity index is 1.86. The number of hydrogen-bond donors (Lipinski definition) is 1. The van der Waals surface area contributed by atoms with Gasteiger partial charge in [-0.25, -0.2) is 23.1 Å². The van der Waals surface area contributed by atoms with Crippen LogP contribution in [-0.4, -0.2) is 67.4 Å². The molecule has 1 atom stereocenters. The van der Waals surface area contributed by atoms with Crippen molar-refractivity contribution in [1.29, 1.82) is 0 Å². The van der Waals surface area contributed by atoms with Gasteiger partial charge in [0.15, 0.2) is 11.5 Å². The Labute approximate surface area is 251 Å². The van der Waals surface area contributed by atoms with Crippen molar-refractivity contribution >= 4 is 34.5 Å². The van der Waals surface area contributed by atoms with E-state index in [4.69, 9.17) is 0 Å². The number of thioether (sulfide) groups is 1. The number of nitrogens with zero attached hydrogens (tertiary/aromatic N) is 6. The lowest BCUT2D eigenvalue weighted by atomic mass is 10.1. The largest absolute Gasteiger partial charge is 0.507 e. The van der Waals surface area contributed by atoms with Crippen molar-refractivity contribution in [2.75, 3.05) is 30.8 Å². The fourth-order valence-corrected chi connectivity index (χ4v) is 5.90. The van der Waals surface area contributed by atoms with Gasteiger partial charge in [0, 0.05) is 30.7 Å². The van der Waals surface area contributed by atoms with Crippen molar-refractivity contribution < 1.29 is 18.7 Å². The van der Waals surface area contributed by atoms with Crippen molar-refractivity contribution in [3.63, 3.8) is 0 Å². The van der Waals surface area contributed by atoms with E-state index in [1.54, 1.807) is 28.1 Å². The summed E-state index contributed by atoms with van der Waals surface area (Å²) in [5.41, 5.74) is -0.569. The molecule has 12 heteroatoms. The van der Waals surface area contributed by atoms with Crippen molar-refractivity contribution in [3.8, 4) is 22.7 Å². The molecule has 1 aliphatic heterocycles. The molecule has 1 aliphatic rings. The summed E-state index contributed by atoms with van der Waals surface area (Å²) < 4.78 is 32.2. The summed E-state index contributed by atoms with van der Waals surface area (Å²) in [7, 11) is 0. The van der Waals surface area contributed by atoms with Crippen LogP contribution in [0.3, 0.4) is 0 Å². The van der Waals surface area contributed by atoms with Crippen molar-refractivity contribution in [1.82, 2.24) is 24.4 Å². The molecule has 3 aromatic heterocycles. The number of amides is 1. The number of carbonyl (C=O) groups is 1. The predicted octanol–water partition coefficient (Wildman–Crippen LogP) is 5.06. The molecule has 0 radical (unpaired) electrons. The standard InChI is InChI=1S/C31H30F2N6O3S/c1-6-18-16-37(24(41)7-2)13-14-38(18)29-19-15-21(33)27(25-20(32)9-8-10-22(25)40)35-30(19)39(31(42)36-29)28-23(43-5)11-12-34-26(28)17(3)4/h6-12,15,17-18,40H,1-2,13-14,16H2,3-5H3. The minimum absolute atomic E-state index is 0.00617. The summed E-state index contributed by atoms with van der Waals surface area (Å²) in [5, 5.41) is 10.7. The topological polar surface area (TPSA) is 104 Å². The highest BCUT2D eigenvalue weighted by Crippen LogP contribution is 2.37. The molecule has 43 heavy (non-hydrogen) atoms. The zero-order chi connectivity index (χ0) is 31.0. The lowest BCUT2D eigenvalue weighted by Gasteiger charge is -2.40. The summed E-state index contributed by atoms with van der Waals surface area (Å²) in [6, 6.07) is 6.06. The number of carbonyl (C=O) groups excluding carboxylic acids is 1. The molecule has 4 heterocycles. The van der Waals surface area contributed by atoms with Crippen LogP contribution >= 0.6 is 11.8 Å². The first kappa shape index (κ1) is 29.9. The van der Waals surface area contributed by atoms with Gasteiger partial charge in [-0.2, -0.15) is 4.98 Å². The number of halogens is 2. The summed E-state index contributed by atoms with van der Waals surface area (Å²) >= 11 is 1.39. The van der Waals surface area contributed by atoms with Gasteiger partial charge in [0.05, 0.1) is 28.4 Å². The number of phenols is 1. The number of aromatic nitrogens is 4. The van der Waals surface area contributed by atoms with Gasteiger partial charge in [-0.05, 0) is 42.5 Å². The highest BCUT2D eigenvalue weighted by atomic mass is 32.2. The summed E-state index contributed by atoms with van der Waals surface area (Å²) in [6.07, 6.45) is 6.36. The molecule has 1 unspecified atom stereocenters. The van der Waals surface area contributed by atoms with Crippen LogP contribution in [0.25, 0.3) is 28.0 Å². The fraction of sp³-hybridized carbons (Fsp3) is 0.258. The third-order valence-electron chi connectivity index (χ3n) is 7.38. The second kappa shape index (κ2) is 12.0. The van der Waals surface area contributed by atoms with Gasteiger partial charge in [0.2, 0.25) is 5.91 Å². The number of anilines is 1. The summed E-state index contributed by atoms with van der Waals surface area (Å²) in [6.45, 7) is 12.1. The Morgan fingerprint density at radius 1 is 1.16 bits per heavy atom. The van der Waals surface area contributed by atoms with E-state index in [-0.39, 0.29) is 41.8 Å². The molecule has 1 amide bonds. The van der Waals surface area contributed by atoms with Gasteiger partial charge in [0.25, 0.3) is 0 Å². The maximum atomic E-state index is 15.9. The second-order valence-corrected chi connectivity index (χ2v) is 11.1. The highest BCUT2D eigenvalue weighted by Gasteiger charge is 2.32. The Morgan fingerprint density at radius 3 is 2.58 bits per heavy atom. The molecule has 5 rings (SSSR count). The van der Waals surface area contributed by atoms with Crippen LogP contribution in [0.1, 0.15) is 25.5 Å². The second-order valence-electron chi connectivity index (χ2n) is 10.3. The van der Waals surface area contributed by atoms with Crippen LogP contribution < -0.4 is 10.6 Å². The highest BCUT2D eigenvalue weighted by molar-refractivity contribution is 7.98. The van der Waals surface area contributed by atoms with Crippen LogP contribution in [0.15, 0.2) is 71.5 Å². The molecule has 1 fully saturated rings. The van der Waals surface area contributed by atoms with Crippen LogP contribution in [0, 0.1) is 11.6 Å². The Hall–Kier alpha value is -4.58. The molecule has 0 saturated carbocycles. The SMILES string of the molecule is C=CC(=O)N1CCN(c2nc(=O)n(-c3c(SC)ccnc3C(C)C)c3nc(-c4c(O)cccc4F)c(F)cc23)C(C=C)C1. The van der Waals surface area contributed by atoms with E-state index in [0.29, 0.717) is 22.8 Å². The van der Waals surface area contributed by atoms with Gasteiger partial charge < -0.3 is 14.9 Å². The lowest BCUT2D eigenvalue weighted by Crippen LogP contribution is -2.54. The van der Waals surface area contributed by atoms with Crippen molar-refractivity contribution in [2.24, 2.45) is 0 Å². The van der Waals surface area contributed by atoms with Gasteiger partial charge in [-0.15, -0.1) is 18.3 Å². The molecule has 1 aromatic carbocycles. The monoisotopic (exact) mass is 604 g/mol. The molecule has 1 saturated heterocycles. The number of phenolic OH excluding ortho intramolecular Hbond substituents is 1. The molecule has 0 bridgehead atoms. The average Bonchev–Trinajstić information content (AvgIpc) is 3.00. The molecule has 0 aliphatic carbocycles. The minimum Gasteiger partial charge on any atom is -0.507 e. The average molecular weight is 605 g/mol. The number of pyridine rings is 2. The third-order valence-corrected chi connectivity index (χ3v) is 8.15.